The number of fused-ring (bicyclic) bond motifs is 1. The minimum absolute atomic E-state index is 0.636. The quantitative estimate of drug-likeness (QED) is 0.152. The standard InChI is InChI=1S/C49H33F3N4.Pt/c50-49(51,52)38-27-29-39(30-28-38)54-34-55(47-26-8-7-25-46(47)54)40-19-12-21-42(33-40)56(41-20-11-18-37(32-41)45-24-9-10-31-53-45)48-43(35-14-3-1-4-15-35)22-13-23-44(48)36-16-5-2-6-17-36;/h1-33H;. The number of anilines is 3. The first-order valence-electron chi connectivity index (χ1n) is 18.4. The molecule has 0 atom stereocenters. The topological polar surface area (TPSA) is 26.0 Å². The van der Waals surface area contributed by atoms with Gasteiger partial charge in [-0.15, -0.1) is 0 Å². The molecule has 4 nitrogen and oxygen atoms in total. The zero-order valence-corrected chi connectivity index (χ0v) is 32.6. The fraction of sp³-hybridized carbons (Fsp3) is 0.0204. The van der Waals surface area contributed by atoms with Gasteiger partial charge in [0.15, 0.2) is 0 Å². The predicted octanol–water partition coefficient (Wildman–Crippen LogP) is 13.4. The summed E-state index contributed by atoms with van der Waals surface area (Å²) >= 11 is 2.28. The molecule has 0 aliphatic heterocycles. The van der Waals surface area contributed by atoms with Crippen molar-refractivity contribution in [2.45, 2.75) is 6.18 Å². The average Bonchev–Trinajstić information content (AvgIpc) is 3.56. The van der Waals surface area contributed by atoms with Gasteiger partial charge in [0.2, 0.25) is 0 Å². The summed E-state index contributed by atoms with van der Waals surface area (Å²) in [6, 6.07) is 63.4. The summed E-state index contributed by atoms with van der Waals surface area (Å²) in [4.78, 5) is 7.00. The summed E-state index contributed by atoms with van der Waals surface area (Å²) in [6.07, 6.45) is -2.62. The van der Waals surface area contributed by atoms with Crippen molar-refractivity contribution in [3.63, 3.8) is 0 Å². The van der Waals surface area contributed by atoms with Crippen LogP contribution < -0.4 is 4.90 Å². The molecular formula is C49H33F3N4Pt. The molecule has 9 rings (SSSR count). The maximum atomic E-state index is 13.6. The molecular weight excluding hydrogens is 897 g/mol. The van der Waals surface area contributed by atoms with Crippen molar-refractivity contribution >= 4 is 28.1 Å². The van der Waals surface area contributed by atoms with E-state index in [1.54, 1.807) is 0 Å². The van der Waals surface area contributed by atoms with E-state index in [0.29, 0.717) is 5.69 Å². The van der Waals surface area contributed by atoms with Crippen LogP contribution in [0.5, 0.6) is 0 Å². The summed E-state index contributed by atoms with van der Waals surface area (Å²) < 4.78 is 45.6. The second kappa shape index (κ2) is 15.2. The number of nitrogens with zero attached hydrogens (tertiary/aromatic N) is 4. The van der Waals surface area contributed by atoms with Crippen molar-refractivity contribution in [2.75, 3.05) is 4.90 Å². The molecule has 8 heteroatoms. The number of hydrogen-bond acceptors (Lipinski definition) is 2. The Labute approximate surface area is 338 Å². The Kier molecular flexibility index (Phi) is 9.61. The van der Waals surface area contributed by atoms with Gasteiger partial charge >= 0.3 is 334 Å². The first-order chi connectivity index (χ1) is 27.8. The summed E-state index contributed by atoms with van der Waals surface area (Å²) in [5.41, 5.74) is 11.6. The SMILES string of the molecule is FC(F)(F)c1ccc(-n2[c](=[Pt])n(-c3cccc(N(c4cccc(-c5ccccn5)c4)c4c(-c5ccccc5)cccc4-c4ccccc4)c3)c3ccccc32)cc1. The van der Waals surface area contributed by atoms with Gasteiger partial charge in [0.25, 0.3) is 0 Å². The van der Waals surface area contributed by atoms with E-state index in [-0.39, 0.29) is 0 Å². The molecule has 0 amide bonds. The number of hydrogen-bond donors (Lipinski definition) is 0. The third-order valence-electron chi connectivity index (χ3n) is 10.00. The predicted molar refractivity (Wildman–Crippen MR) is 220 cm³/mol. The molecule has 0 N–H and O–H groups in total. The average molecular weight is 930 g/mol. The van der Waals surface area contributed by atoms with Gasteiger partial charge in [-0.2, -0.15) is 0 Å². The molecule has 0 spiro atoms. The van der Waals surface area contributed by atoms with Gasteiger partial charge in [-0.1, -0.05) is 0 Å². The van der Waals surface area contributed by atoms with Crippen molar-refractivity contribution < 1.29 is 32.5 Å². The molecule has 0 aliphatic rings. The number of rotatable bonds is 8. The van der Waals surface area contributed by atoms with Crippen LogP contribution in [0.15, 0.2) is 200 Å². The van der Waals surface area contributed by atoms with Crippen LogP contribution in [0, 0.1) is 3.80 Å². The van der Waals surface area contributed by atoms with E-state index in [9.17, 15) is 13.2 Å². The van der Waals surface area contributed by atoms with E-state index in [1.807, 2.05) is 65.4 Å². The van der Waals surface area contributed by atoms with Gasteiger partial charge in [0.05, 0.1) is 0 Å². The Morgan fingerprint density at radius 1 is 0.474 bits per heavy atom. The van der Waals surface area contributed by atoms with Crippen molar-refractivity contribution in [1.29, 1.82) is 0 Å². The van der Waals surface area contributed by atoms with Crippen molar-refractivity contribution in [3.05, 3.63) is 210 Å². The van der Waals surface area contributed by atoms with E-state index in [1.165, 1.54) is 12.1 Å². The Morgan fingerprint density at radius 3 is 1.60 bits per heavy atom. The zero-order chi connectivity index (χ0) is 38.9. The van der Waals surface area contributed by atoms with Gasteiger partial charge in [-0.05, 0) is 6.07 Å². The Morgan fingerprint density at radius 2 is 1.00 bits per heavy atom. The number of halogens is 3. The number of aromatic nitrogens is 3. The van der Waals surface area contributed by atoms with Crippen LogP contribution in [0.2, 0.25) is 0 Å². The van der Waals surface area contributed by atoms with Gasteiger partial charge in [-0.3, -0.25) is 0 Å². The van der Waals surface area contributed by atoms with Crippen LogP contribution in [0.1, 0.15) is 5.56 Å². The van der Waals surface area contributed by atoms with Gasteiger partial charge < -0.3 is 0 Å². The van der Waals surface area contributed by atoms with Crippen LogP contribution in [0.25, 0.3) is 55.9 Å². The third kappa shape index (κ3) is 6.96. The van der Waals surface area contributed by atoms with E-state index >= 15 is 0 Å². The molecule has 2 heterocycles. The molecule has 0 radical (unpaired) electrons. The normalized spacial score (nSPS) is 11.5. The summed E-state index contributed by atoms with van der Waals surface area (Å²) in [6.45, 7) is 0. The van der Waals surface area contributed by atoms with Crippen LogP contribution in [0.3, 0.4) is 0 Å². The second-order valence-corrected chi connectivity index (χ2v) is 14.5. The fourth-order valence-electron chi connectivity index (χ4n) is 7.40. The molecule has 7 aromatic carbocycles. The number of alkyl halides is 3. The van der Waals surface area contributed by atoms with Gasteiger partial charge in [0, 0.05) is 0 Å². The van der Waals surface area contributed by atoms with Crippen LogP contribution in [-0.4, -0.2) is 14.1 Å². The molecule has 0 unspecified atom stereocenters. The minimum atomic E-state index is -4.42. The number of pyridine rings is 1. The molecule has 9 aromatic rings. The first kappa shape index (κ1) is 36.1. The summed E-state index contributed by atoms with van der Waals surface area (Å²) in [7, 11) is 0. The van der Waals surface area contributed by atoms with Crippen LogP contribution in [-0.2, 0) is 25.5 Å². The van der Waals surface area contributed by atoms with Crippen molar-refractivity contribution in [2.24, 2.45) is 0 Å². The second-order valence-electron chi connectivity index (χ2n) is 13.5. The van der Waals surface area contributed by atoms with Gasteiger partial charge in [-0.25, -0.2) is 0 Å². The van der Waals surface area contributed by atoms with E-state index in [4.69, 9.17) is 0 Å². The summed E-state index contributed by atoms with van der Waals surface area (Å²) in [5.74, 6) is 0. The maximum absolute atomic E-state index is 13.6. The third-order valence-corrected chi connectivity index (χ3v) is 11.0. The van der Waals surface area contributed by atoms with Crippen molar-refractivity contribution in [1.82, 2.24) is 14.1 Å². The van der Waals surface area contributed by atoms with Gasteiger partial charge in [0.1, 0.15) is 0 Å². The molecule has 0 fully saturated rings. The van der Waals surface area contributed by atoms with E-state index in [2.05, 4.69) is 149 Å². The molecule has 2 aromatic heterocycles. The monoisotopic (exact) mass is 929 g/mol. The molecule has 0 bridgehead atoms. The molecule has 0 aliphatic carbocycles. The molecule has 0 saturated carbocycles. The number of para-hydroxylation sites is 3. The zero-order valence-electron chi connectivity index (χ0n) is 30.3. The Bertz CT molecular complexity index is 2850. The van der Waals surface area contributed by atoms with Crippen molar-refractivity contribution in [3.8, 4) is 44.9 Å². The molecule has 0 saturated heterocycles. The molecule has 57 heavy (non-hydrogen) atoms. The first-order valence-corrected chi connectivity index (χ1v) is 19.5. The van der Waals surface area contributed by atoms with E-state index in [0.717, 1.165) is 83.2 Å². The van der Waals surface area contributed by atoms with E-state index < -0.39 is 11.7 Å². The Hall–Kier alpha value is -6.56. The Balaban J connectivity index is 1.29. The number of imidazole rings is 1. The summed E-state index contributed by atoms with van der Waals surface area (Å²) in [5, 5.41) is 0. The fourth-order valence-corrected chi connectivity index (χ4v) is 8.54. The molecule has 280 valence electrons. The van der Waals surface area contributed by atoms with Crippen LogP contribution in [0.4, 0.5) is 30.2 Å². The number of benzene rings is 7. The van der Waals surface area contributed by atoms with Crippen LogP contribution >= 0.6 is 0 Å².